The number of hydrogen-bond acceptors (Lipinski definition) is 2. The molecule has 0 aromatic heterocycles. The summed E-state index contributed by atoms with van der Waals surface area (Å²) in [5, 5.41) is 0.624. The molecule has 0 spiro atoms. The molecule has 3 nitrogen and oxygen atoms in total. The van der Waals surface area contributed by atoms with E-state index in [4.69, 9.17) is 23.2 Å². The summed E-state index contributed by atoms with van der Waals surface area (Å²) in [5.41, 5.74) is 0.415. The van der Waals surface area contributed by atoms with Gasteiger partial charge in [-0.15, -0.1) is 0 Å². The molecule has 19 heavy (non-hydrogen) atoms. The largest absolute Gasteiger partial charge is 0.274 e. The predicted octanol–water partition coefficient (Wildman–Crippen LogP) is 3.67. The standard InChI is InChI=1S/C14H13Cl2NO2/c15-10-6-3-7-11(12(10)16)17-13(18)8-4-1-2-5-9(8)14(17)19/h3,6-9H,1-2,4-5H2/t8-,9+. The van der Waals surface area contributed by atoms with Crippen LogP contribution in [0.2, 0.25) is 10.0 Å². The van der Waals surface area contributed by atoms with Crippen molar-refractivity contribution in [2.45, 2.75) is 25.7 Å². The summed E-state index contributed by atoms with van der Waals surface area (Å²) in [5.74, 6) is -0.592. The van der Waals surface area contributed by atoms with Crippen molar-refractivity contribution in [3.05, 3.63) is 28.2 Å². The fourth-order valence-corrected chi connectivity index (χ4v) is 3.44. The molecular weight excluding hydrogens is 285 g/mol. The summed E-state index contributed by atoms with van der Waals surface area (Å²) in [6, 6.07) is 5.01. The predicted molar refractivity (Wildman–Crippen MR) is 74.4 cm³/mol. The number of halogens is 2. The van der Waals surface area contributed by atoms with Crippen LogP contribution in [-0.4, -0.2) is 11.8 Å². The molecule has 0 N–H and O–H groups in total. The van der Waals surface area contributed by atoms with Crippen molar-refractivity contribution < 1.29 is 9.59 Å². The first-order chi connectivity index (χ1) is 9.11. The van der Waals surface area contributed by atoms with E-state index in [-0.39, 0.29) is 28.7 Å². The number of carbonyl (C=O) groups excluding carboxylic acids is 2. The highest BCUT2D eigenvalue weighted by atomic mass is 35.5. The molecule has 0 bridgehead atoms. The first-order valence-electron chi connectivity index (χ1n) is 6.43. The zero-order valence-corrected chi connectivity index (χ0v) is 11.7. The van der Waals surface area contributed by atoms with E-state index in [1.165, 1.54) is 4.90 Å². The van der Waals surface area contributed by atoms with E-state index >= 15 is 0 Å². The fourth-order valence-electron chi connectivity index (χ4n) is 3.06. The Morgan fingerprint density at radius 1 is 1.00 bits per heavy atom. The lowest BCUT2D eigenvalue weighted by Gasteiger charge is -2.19. The molecule has 5 heteroatoms. The first kappa shape index (κ1) is 12.9. The van der Waals surface area contributed by atoms with Crippen LogP contribution in [0.1, 0.15) is 25.7 Å². The minimum absolute atomic E-state index is 0.126. The molecule has 0 unspecified atom stereocenters. The fraction of sp³-hybridized carbons (Fsp3) is 0.429. The van der Waals surface area contributed by atoms with Gasteiger partial charge in [-0.25, -0.2) is 4.90 Å². The Morgan fingerprint density at radius 3 is 2.16 bits per heavy atom. The maximum Gasteiger partial charge on any atom is 0.237 e. The number of amides is 2. The smallest absolute Gasteiger partial charge is 0.237 e. The van der Waals surface area contributed by atoms with Gasteiger partial charge in [0.15, 0.2) is 0 Å². The maximum atomic E-state index is 12.4. The van der Waals surface area contributed by atoms with Crippen molar-refractivity contribution in [2.75, 3.05) is 4.90 Å². The Labute approximate surface area is 121 Å². The van der Waals surface area contributed by atoms with E-state index in [0.717, 1.165) is 25.7 Å². The van der Waals surface area contributed by atoms with Crippen molar-refractivity contribution in [3.8, 4) is 0 Å². The number of hydrogen-bond donors (Lipinski definition) is 0. The van der Waals surface area contributed by atoms with Gasteiger partial charge in [0.2, 0.25) is 11.8 Å². The van der Waals surface area contributed by atoms with Gasteiger partial charge in [-0.3, -0.25) is 9.59 Å². The molecule has 1 aromatic carbocycles. The van der Waals surface area contributed by atoms with E-state index in [9.17, 15) is 9.59 Å². The van der Waals surface area contributed by atoms with Gasteiger partial charge in [0.25, 0.3) is 0 Å². The Kier molecular flexibility index (Phi) is 3.27. The molecule has 1 saturated carbocycles. The molecule has 2 aliphatic rings. The van der Waals surface area contributed by atoms with Crippen LogP contribution in [0.25, 0.3) is 0 Å². The maximum absolute atomic E-state index is 12.4. The van der Waals surface area contributed by atoms with Crippen LogP contribution >= 0.6 is 23.2 Å². The van der Waals surface area contributed by atoms with Crippen LogP contribution < -0.4 is 4.90 Å². The van der Waals surface area contributed by atoms with E-state index in [1.54, 1.807) is 18.2 Å². The number of carbonyl (C=O) groups is 2. The van der Waals surface area contributed by atoms with Crippen molar-refractivity contribution in [3.63, 3.8) is 0 Å². The van der Waals surface area contributed by atoms with Crippen molar-refractivity contribution in [1.82, 2.24) is 0 Å². The third kappa shape index (κ3) is 1.96. The van der Waals surface area contributed by atoms with Crippen LogP contribution in [0.5, 0.6) is 0 Å². The van der Waals surface area contributed by atoms with Crippen LogP contribution in [0.3, 0.4) is 0 Å². The molecule has 1 saturated heterocycles. The summed E-state index contributed by atoms with van der Waals surface area (Å²) in [4.78, 5) is 26.1. The Balaban J connectivity index is 2.03. The van der Waals surface area contributed by atoms with Crippen LogP contribution in [-0.2, 0) is 9.59 Å². The monoisotopic (exact) mass is 297 g/mol. The summed E-state index contributed by atoms with van der Waals surface area (Å²) < 4.78 is 0. The van der Waals surface area contributed by atoms with Crippen molar-refractivity contribution in [2.24, 2.45) is 11.8 Å². The summed E-state index contributed by atoms with van der Waals surface area (Å²) in [6.07, 6.45) is 3.61. The Hall–Kier alpha value is -1.06. The van der Waals surface area contributed by atoms with Gasteiger partial charge in [-0.1, -0.05) is 42.1 Å². The van der Waals surface area contributed by atoms with Gasteiger partial charge in [0.05, 0.1) is 27.6 Å². The summed E-state index contributed by atoms with van der Waals surface area (Å²) >= 11 is 12.1. The second-order valence-corrected chi connectivity index (χ2v) is 5.87. The van der Waals surface area contributed by atoms with Gasteiger partial charge < -0.3 is 0 Å². The number of anilines is 1. The molecule has 2 fully saturated rings. The third-order valence-corrected chi connectivity index (χ3v) is 4.82. The highest BCUT2D eigenvalue weighted by Crippen LogP contribution is 2.42. The van der Waals surface area contributed by atoms with Crippen LogP contribution in [0.15, 0.2) is 18.2 Å². The SMILES string of the molecule is O=C1[C@H]2CCCC[C@H]2C(=O)N1c1cccc(Cl)c1Cl. The quantitative estimate of drug-likeness (QED) is 0.742. The molecule has 1 heterocycles. The summed E-state index contributed by atoms with van der Waals surface area (Å²) in [6.45, 7) is 0. The summed E-state index contributed by atoms with van der Waals surface area (Å²) in [7, 11) is 0. The highest BCUT2D eigenvalue weighted by molar-refractivity contribution is 6.44. The van der Waals surface area contributed by atoms with Crippen LogP contribution in [0, 0.1) is 11.8 Å². The average molecular weight is 298 g/mol. The number of imide groups is 1. The molecule has 100 valence electrons. The van der Waals surface area contributed by atoms with Gasteiger partial charge in [-0.05, 0) is 25.0 Å². The van der Waals surface area contributed by atoms with Crippen molar-refractivity contribution >= 4 is 40.7 Å². The van der Waals surface area contributed by atoms with Gasteiger partial charge >= 0.3 is 0 Å². The number of fused-ring (bicyclic) bond motifs is 1. The van der Waals surface area contributed by atoms with E-state index < -0.39 is 0 Å². The molecule has 2 atom stereocenters. The van der Waals surface area contributed by atoms with Gasteiger partial charge in [0.1, 0.15) is 0 Å². The lowest BCUT2D eigenvalue weighted by Crippen LogP contribution is -2.31. The third-order valence-electron chi connectivity index (χ3n) is 4.01. The molecule has 1 aliphatic heterocycles. The zero-order valence-electron chi connectivity index (χ0n) is 10.2. The Bertz CT molecular complexity index is 534. The second-order valence-electron chi connectivity index (χ2n) is 5.08. The lowest BCUT2D eigenvalue weighted by molar-refractivity contribution is -0.122. The van der Waals surface area contributed by atoms with Crippen molar-refractivity contribution in [1.29, 1.82) is 0 Å². The Morgan fingerprint density at radius 2 is 1.58 bits per heavy atom. The molecule has 1 aliphatic carbocycles. The molecule has 0 radical (unpaired) electrons. The highest BCUT2D eigenvalue weighted by Gasteiger charge is 2.49. The van der Waals surface area contributed by atoms with E-state index in [0.29, 0.717) is 10.7 Å². The number of benzene rings is 1. The van der Waals surface area contributed by atoms with Gasteiger partial charge in [-0.2, -0.15) is 0 Å². The van der Waals surface area contributed by atoms with E-state index in [1.807, 2.05) is 0 Å². The average Bonchev–Trinajstić information content (AvgIpc) is 2.67. The zero-order chi connectivity index (χ0) is 13.6. The van der Waals surface area contributed by atoms with E-state index in [2.05, 4.69) is 0 Å². The molecular formula is C14H13Cl2NO2. The topological polar surface area (TPSA) is 37.4 Å². The van der Waals surface area contributed by atoms with Crippen LogP contribution in [0.4, 0.5) is 5.69 Å². The molecule has 2 amide bonds. The second kappa shape index (κ2) is 4.80. The normalized spacial score (nSPS) is 26.7. The minimum Gasteiger partial charge on any atom is -0.274 e. The first-order valence-corrected chi connectivity index (χ1v) is 7.18. The minimum atomic E-state index is -0.170. The number of nitrogens with zero attached hydrogens (tertiary/aromatic N) is 1. The molecule has 1 aromatic rings. The number of rotatable bonds is 1. The van der Waals surface area contributed by atoms with Gasteiger partial charge in [0, 0.05) is 0 Å². The molecule has 3 rings (SSSR count). The lowest BCUT2D eigenvalue weighted by atomic mass is 9.81.